The molecule has 0 N–H and O–H groups in total. The predicted octanol–water partition coefficient (Wildman–Crippen LogP) is 3.59. The van der Waals surface area contributed by atoms with Gasteiger partial charge in [-0.3, -0.25) is 0 Å². The summed E-state index contributed by atoms with van der Waals surface area (Å²) in [6, 6.07) is 9.40. The molecular formula is C11H13N3O. The smallest absolute Gasteiger partial charge is 0.161 e. The second kappa shape index (κ2) is 6.65. The maximum atomic E-state index is 8.41. The highest BCUT2D eigenvalue weighted by atomic mass is 16.5. The molecule has 0 saturated carbocycles. The average Bonchev–Trinajstić information content (AvgIpc) is 2.29. The number of azide groups is 1. The van der Waals surface area contributed by atoms with Gasteiger partial charge in [-0.05, 0) is 17.5 Å². The molecule has 0 aliphatic carbocycles. The first kappa shape index (κ1) is 11.3. The Morgan fingerprint density at radius 3 is 2.80 bits per heavy atom. The molecule has 0 fully saturated rings. The van der Waals surface area contributed by atoms with Crippen LogP contribution in [0.4, 0.5) is 0 Å². The Morgan fingerprint density at radius 2 is 2.20 bits per heavy atom. The Balaban J connectivity index is 2.66. The zero-order valence-electron chi connectivity index (χ0n) is 8.41. The highest BCUT2D eigenvalue weighted by Gasteiger charge is 2.07. The van der Waals surface area contributed by atoms with Gasteiger partial charge in [-0.1, -0.05) is 41.5 Å². The minimum Gasteiger partial charge on any atom is -0.367 e. The van der Waals surface area contributed by atoms with E-state index >= 15 is 0 Å². The second-order valence-electron chi connectivity index (χ2n) is 2.92. The Morgan fingerprint density at radius 1 is 1.47 bits per heavy atom. The Bertz CT molecular complexity index is 344. The van der Waals surface area contributed by atoms with Gasteiger partial charge in [0.15, 0.2) is 6.23 Å². The molecule has 0 saturated heterocycles. The zero-order valence-corrected chi connectivity index (χ0v) is 8.41. The first-order valence-corrected chi connectivity index (χ1v) is 4.70. The van der Waals surface area contributed by atoms with Crippen molar-refractivity contribution in [3.8, 4) is 0 Å². The fraction of sp³-hybridized carbons (Fsp3) is 0.273. The van der Waals surface area contributed by atoms with Crippen molar-refractivity contribution in [3.05, 3.63) is 59.0 Å². The van der Waals surface area contributed by atoms with Gasteiger partial charge in [-0.25, -0.2) is 0 Å². The third-order valence-corrected chi connectivity index (χ3v) is 1.84. The summed E-state index contributed by atoms with van der Waals surface area (Å²) in [7, 11) is 0. The second-order valence-corrected chi connectivity index (χ2v) is 2.92. The lowest BCUT2D eigenvalue weighted by atomic mass is 10.2. The summed E-state index contributed by atoms with van der Waals surface area (Å²) in [4.78, 5) is 2.77. The maximum absolute atomic E-state index is 8.41. The van der Waals surface area contributed by atoms with E-state index in [1.807, 2.05) is 30.3 Å². The van der Waals surface area contributed by atoms with E-state index in [0.29, 0.717) is 6.61 Å². The molecule has 0 heterocycles. The van der Waals surface area contributed by atoms with Crippen LogP contribution in [0.1, 0.15) is 18.2 Å². The minimum atomic E-state index is -0.545. The largest absolute Gasteiger partial charge is 0.367 e. The van der Waals surface area contributed by atoms with Crippen LogP contribution in [0.3, 0.4) is 0 Å². The molecule has 4 heteroatoms. The van der Waals surface area contributed by atoms with Gasteiger partial charge in [-0.15, -0.1) is 6.58 Å². The molecule has 1 aromatic rings. The van der Waals surface area contributed by atoms with Crippen LogP contribution in [0.15, 0.2) is 48.1 Å². The van der Waals surface area contributed by atoms with Crippen molar-refractivity contribution in [1.29, 1.82) is 0 Å². The van der Waals surface area contributed by atoms with Gasteiger partial charge in [0.2, 0.25) is 0 Å². The Kier molecular flexibility index (Phi) is 5.01. The maximum Gasteiger partial charge on any atom is 0.161 e. The van der Waals surface area contributed by atoms with Crippen molar-refractivity contribution in [2.45, 2.75) is 12.6 Å². The summed E-state index contributed by atoms with van der Waals surface area (Å²) in [6.07, 6.45) is 1.96. The van der Waals surface area contributed by atoms with Crippen LogP contribution in [-0.4, -0.2) is 6.61 Å². The summed E-state index contributed by atoms with van der Waals surface area (Å²) in [5, 5.41) is 3.59. The molecule has 0 spiro atoms. The summed E-state index contributed by atoms with van der Waals surface area (Å²) in [5.41, 5.74) is 9.27. The lowest BCUT2D eigenvalue weighted by Gasteiger charge is -2.11. The van der Waals surface area contributed by atoms with E-state index < -0.39 is 6.23 Å². The number of nitrogens with zero attached hydrogens (tertiary/aromatic N) is 3. The molecule has 4 nitrogen and oxygen atoms in total. The van der Waals surface area contributed by atoms with Gasteiger partial charge in [0, 0.05) is 4.91 Å². The number of hydrogen-bond acceptors (Lipinski definition) is 2. The van der Waals surface area contributed by atoms with Crippen LogP contribution in [0, 0.1) is 0 Å². The lowest BCUT2D eigenvalue weighted by molar-refractivity contribution is 0.0609. The predicted molar refractivity (Wildman–Crippen MR) is 59.1 cm³/mol. The quantitative estimate of drug-likeness (QED) is 0.229. The minimum absolute atomic E-state index is 0.502. The standard InChI is InChI=1S/C11H13N3O/c1-2-3-9-15-11(13-14-12)10-7-5-4-6-8-10/h2,4-8,11H,1,3,9H2. The first-order valence-electron chi connectivity index (χ1n) is 4.70. The summed E-state index contributed by atoms with van der Waals surface area (Å²) < 4.78 is 5.42. The van der Waals surface area contributed by atoms with Gasteiger partial charge in [0.05, 0.1) is 6.61 Å². The third-order valence-electron chi connectivity index (χ3n) is 1.84. The van der Waals surface area contributed by atoms with Crippen molar-refractivity contribution in [2.75, 3.05) is 6.61 Å². The fourth-order valence-electron chi connectivity index (χ4n) is 1.12. The van der Waals surface area contributed by atoms with Crippen LogP contribution < -0.4 is 0 Å². The molecule has 0 bridgehead atoms. The van der Waals surface area contributed by atoms with Crippen molar-refractivity contribution in [1.82, 2.24) is 0 Å². The molecule has 0 radical (unpaired) electrons. The van der Waals surface area contributed by atoms with Crippen molar-refractivity contribution in [2.24, 2.45) is 5.11 Å². The van der Waals surface area contributed by atoms with E-state index in [-0.39, 0.29) is 0 Å². The van der Waals surface area contributed by atoms with E-state index in [1.165, 1.54) is 0 Å². The fourth-order valence-corrected chi connectivity index (χ4v) is 1.12. The molecule has 1 rings (SSSR count). The molecule has 0 aliphatic rings. The van der Waals surface area contributed by atoms with E-state index in [1.54, 1.807) is 6.08 Å². The molecule has 15 heavy (non-hydrogen) atoms. The van der Waals surface area contributed by atoms with E-state index in [0.717, 1.165) is 12.0 Å². The number of ether oxygens (including phenoxy) is 1. The SMILES string of the molecule is C=CCCOC(N=[N+]=[N-])c1ccccc1. The average molecular weight is 203 g/mol. The number of hydrogen-bond donors (Lipinski definition) is 0. The van der Waals surface area contributed by atoms with Gasteiger partial charge in [-0.2, -0.15) is 0 Å². The van der Waals surface area contributed by atoms with Gasteiger partial charge >= 0.3 is 0 Å². The third kappa shape index (κ3) is 3.85. The summed E-state index contributed by atoms with van der Waals surface area (Å²) >= 11 is 0. The molecular weight excluding hydrogens is 190 g/mol. The van der Waals surface area contributed by atoms with Crippen LogP contribution in [0.2, 0.25) is 0 Å². The van der Waals surface area contributed by atoms with Crippen LogP contribution in [-0.2, 0) is 4.74 Å². The molecule has 1 atom stereocenters. The normalized spacial score (nSPS) is 11.5. The van der Waals surface area contributed by atoms with Crippen molar-refractivity contribution >= 4 is 0 Å². The molecule has 0 aromatic heterocycles. The van der Waals surface area contributed by atoms with Crippen LogP contribution in [0.5, 0.6) is 0 Å². The monoisotopic (exact) mass is 203 g/mol. The highest BCUT2D eigenvalue weighted by molar-refractivity contribution is 5.17. The first-order chi connectivity index (χ1) is 7.38. The van der Waals surface area contributed by atoms with Gasteiger partial charge < -0.3 is 4.74 Å². The van der Waals surface area contributed by atoms with Crippen molar-refractivity contribution in [3.63, 3.8) is 0 Å². The molecule has 1 unspecified atom stereocenters. The van der Waals surface area contributed by atoms with Gasteiger partial charge in [0.25, 0.3) is 0 Å². The number of benzene rings is 1. The zero-order chi connectivity index (χ0) is 10.9. The van der Waals surface area contributed by atoms with E-state index in [4.69, 9.17) is 10.3 Å². The summed E-state index contributed by atoms with van der Waals surface area (Å²) in [5.74, 6) is 0. The van der Waals surface area contributed by atoms with Gasteiger partial charge in [0.1, 0.15) is 0 Å². The molecule has 78 valence electrons. The lowest BCUT2D eigenvalue weighted by Crippen LogP contribution is -2.01. The summed E-state index contributed by atoms with van der Waals surface area (Å²) in [6.45, 7) is 4.09. The molecule has 1 aromatic carbocycles. The van der Waals surface area contributed by atoms with Crippen LogP contribution in [0.25, 0.3) is 10.4 Å². The highest BCUT2D eigenvalue weighted by Crippen LogP contribution is 2.18. The molecule has 0 aliphatic heterocycles. The van der Waals surface area contributed by atoms with E-state index in [9.17, 15) is 0 Å². The molecule has 0 amide bonds. The topological polar surface area (TPSA) is 58.0 Å². The number of rotatable bonds is 6. The van der Waals surface area contributed by atoms with Crippen molar-refractivity contribution < 1.29 is 4.74 Å². The van der Waals surface area contributed by atoms with Crippen LogP contribution >= 0.6 is 0 Å². The Labute approximate surface area is 88.8 Å². The van der Waals surface area contributed by atoms with E-state index in [2.05, 4.69) is 16.6 Å². The Hall–Kier alpha value is -1.77.